The lowest BCUT2D eigenvalue weighted by molar-refractivity contribution is -0.132. The Bertz CT molecular complexity index is 1890. The van der Waals surface area contributed by atoms with Gasteiger partial charge in [0.15, 0.2) is 0 Å². The molecule has 43 heavy (non-hydrogen) atoms. The molecule has 0 fully saturated rings. The number of rotatable bonds is 8. The quantitative estimate of drug-likeness (QED) is 0.196. The maximum Gasteiger partial charge on any atom is 0.309 e. The molecule has 0 bridgehead atoms. The lowest BCUT2D eigenvalue weighted by atomic mass is 10.0. The molecule has 0 amide bonds. The monoisotopic (exact) mass is 594 g/mol. The molecule has 0 saturated heterocycles. The van der Waals surface area contributed by atoms with E-state index in [2.05, 4.69) is 10.8 Å². The third-order valence-corrected chi connectivity index (χ3v) is 8.48. The lowest BCUT2D eigenvalue weighted by Crippen LogP contribution is -2.12. The largest absolute Gasteiger partial charge is 0.407 e. The maximum atomic E-state index is 13.0. The van der Waals surface area contributed by atoms with Crippen LogP contribution in [0.5, 0.6) is 5.88 Å². The van der Waals surface area contributed by atoms with Crippen molar-refractivity contribution in [2.75, 3.05) is 23.7 Å². The molecule has 0 radical (unpaired) electrons. The highest BCUT2D eigenvalue weighted by Crippen LogP contribution is 2.42. The van der Waals surface area contributed by atoms with Crippen LogP contribution in [0.1, 0.15) is 23.6 Å². The van der Waals surface area contributed by atoms with Crippen LogP contribution in [-0.4, -0.2) is 38.3 Å². The summed E-state index contributed by atoms with van der Waals surface area (Å²) in [6.45, 7) is 7.27. The molecule has 8 nitrogen and oxygen atoms in total. The van der Waals surface area contributed by atoms with Crippen molar-refractivity contribution in [3.8, 4) is 34.0 Å². The maximum absolute atomic E-state index is 13.0. The number of aromatic nitrogens is 2. The number of carbonyl (C=O) groups excluding carboxylic acids is 1. The zero-order valence-electron chi connectivity index (χ0n) is 25.0. The number of sulfonamides is 1. The Morgan fingerprint density at radius 1 is 0.814 bits per heavy atom. The third-order valence-electron chi connectivity index (χ3n) is 7.08. The fourth-order valence-corrected chi connectivity index (χ4v) is 5.91. The first-order valence-corrected chi connectivity index (χ1v) is 15.3. The Labute approximate surface area is 252 Å². The van der Waals surface area contributed by atoms with Crippen molar-refractivity contribution in [2.45, 2.75) is 32.6 Å². The van der Waals surface area contributed by atoms with Gasteiger partial charge in [-0.3, -0.25) is 9.52 Å². The van der Waals surface area contributed by atoms with E-state index in [0.717, 1.165) is 33.6 Å². The van der Waals surface area contributed by atoms with Gasteiger partial charge in [-0.2, -0.15) is 9.78 Å². The van der Waals surface area contributed by atoms with Crippen LogP contribution in [0, 0.1) is 20.8 Å². The zero-order valence-corrected chi connectivity index (χ0v) is 25.9. The van der Waals surface area contributed by atoms with E-state index in [9.17, 15) is 13.2 Å². The molecule has 1 heterocycles. The number of aryl methyl sites for hydroxylation is 3. The second-order valence-corrected chi connectivity index (χ2v) is 12.4. The van der Waals surface area contributed by atoms with Gasteiger partial charge in [-0.05, 0) is 74.4 Å². The van der Waals surface area contributed by atoms with E-state index >= 15 is 0 Å². The Morgan fingerprint density at radius 3 is 2.00 bits per heavy atom. The third kappa shape index (κ3) is 6.32. The first-order valence-electron chi connectivity index (χ1n) is 13.8. The van der Waals surface area contributed by atoms with Gasteiger partial charge < -0.3 is 9.64 Å². The molecule has 9 heteroatoms. The molecule has 4 aromatic carbocycles. The minimum atomic E-state index is -3.77. The Balaban J connectivity index is 1.65. The molecule has 0 aliphatic carbocycles. The molecule has 0 aliphatic rings. The molecule has 5 aromatic rings. The van der Waals surface area contributed by atoms with Crippen LogP contribution in [0.2, 0.25) is 0 Å². The van der Waals surface area contributed by atoms with Crippen molar-refractivity contribution in [2.24, 2.45) is 0 Å². The number of nitrogens with one attached hydrogen (secondary N) is 1. The van der Waals surface area contributed by atoms with E-state index in [1.54, 1.807) is 53.2 Å². The van der Waals surface area contributed by atoms with Crippen molar-refractivity contribution in [3.05, 3.63) is 108 Å². The van der Waals surface area contributed by atoms with Gasteiger partial charge in [0.05, 0.1) is 16.1 Å². The highest BCUT2D eigenvalue weighted by Gasteiger charge is 2.25. The minimum Gasteiger partial charge on any atom is -0.407 e. The summed E-state index contributed by atoms with van der Waals surface area (Å²) in [5.74, 6) is -0.205. The van der Waals surface area contributed by atoms with E-state index < -0.39 is 16.0 Å². The number of ether oxygens (including phenoxy) is 1. The number of esters is 1. The molecule has 5 rings (SSSR count). The highest BCUT2D eigenvalue weighted by molar-refractivity contribution is 7.92. The molecule has 0 aliphatic heterocycles. The Hall–Kier alpha value is -4.89. The number of carbonyl (C=O) groups is 1. The van der Waals surface area contributed by atoms with Crippen LogP contribution in [0.15, 0.2) is 95.9 Å². The predicted molar refractivity (Wildman–Crippen MR) is 172 cm³/mol. The van der Waals surface area contributed by atoms with Crippen molar-refractivity contribution in [1.29, 1.82) is 0 Å². The highest BCUT2D eigenvalue weighted by atomic mass is 32.2. The van der Waals surface area contributed by atoms with E-state index in [1.165, 1.54) is 6.92 Å². The fourth-order valence-electron chi connectivity index (χ4n) is 4.86. The standard InChI is InChI=1S/C34H34N4O4S/c1-22-7-18-30(19-8-22)43(40,41)36-28-14-10-26(11-15-28)32-33(27-12-16-29(17-13-27)37(5)6)35-38(34(32)42-25(4)39)31-20-9-23(2)21-24(31)3/h7-21,36H,1-6H3. The Morgan fingerprint density at radius 2 is 1.42 bits per heavy atom. The van der Waals surface area contributed by atoms with Gasteiger partial charge in [-0.15, -0.1) is 0 Å². The summed E-state index contributed by atoms with van der Waals surface area (Å²) in [7, 11) is 0.176. The first-order chi connectivity index (χ1) is 20.4. The van der Waals surface area contributed by atoms with E-state index in [-0.39, 0.29) is 10.8 Å². The predicted octanol–water partition coefficient (Wildman–Crippen LogP) is 6.92. The van der Waals surface area contributed by atoms with Crippen molar-refractivity contribution in [3.63, 3.8) is 0 Å². The fraction of sp³-hybridized carbons (Fsp3) is 0.176. The smallest absolute Gasteiger partial charge is 0.309 e. The molecule has 1 aromatic heterocycles. The first kappa shape index (κ1) is 29.6. The van der Waals surface area contributed by atoms with Crippen LogP contribution in [0.3, 0.4) is 0 Å². The number of nitrogens with zero attached hydrogens (tertiary/aromatic N) is 3. The van der Waals surface area contributed by atoms with Gasteiger partial charge in [-0.25, -0.2) is 8.42 Å². The topological polar surface area (TPSA) is 93.5 Å². The summed E-state index contributed by atoms with van der Waals surface area (Å²) in [5.41, 5.74) is 8.03. The second kappa shape index (κ2) is 11.8. The molecule has 0 atom stereocenters. The van der Waals surface area contributed by atoms with E-state index in [4.69, 9.17) is 9.84 Å². The lowest BCUT2D eigenvalue weighted by Gasteiger charge is -2.13. The van der Waals surface area contributed by atoms with Crippen molar-refractivity contribution < 1.29 is 17.9 Å². The van der Waals surface area contributed by atoms with Crippen LogP contribution in [-0.2, 0) is 14.8 Å². The summed E-state index contributed by atoms with van der Waals surface area (Å²) < 4.78 is 36.1. The van der Waals surface area contributed by atoms with Gasteiger partial charge in [0.1, 0.15) is 5.69 Å². The van der Waals surface area contributed by atoms with Crippen molar-refractivity contribution >= 4 is 27.4 Å². The average molecular weight is 595 g/mol. The number of hydrogen-bond acceptors (Lipinski definition) is 6. The van der Waals surface area contributed by atoms with Gasteiger partial charge in [0, 0.05) is 38.0 Å². The van der Waals surface area contributed by atoms with Crippen LogP contribution in [0.4, 0.5) is 11.4 Å². The normalized spacial score (nSPS) is 11.3. The SMILES string of the molecule is CC(=O)Oc1c(-c2ccc(NS(=O)(=O)c3ccc(C)cc3)cc2)c(-c2ccc(N(C)C)cc2)nn1-c1ccc(C)cc1C. The van der Waals surface area contributed by atoms with Crippen LogP contribution in [0.25, 0.3) is 28.1 Å². The van der Waals surface area contributed by atoms with Crippen LogP contribution < -0.4 is 14.4 Å². The summed E-state index contributed by atoms with van der Waals surface area (Å²) in [6.07, 6.45) is 0. The molecule has 1 N–H and O–H groups in total. The number of anilines is 2. The average Bonchev–Trinajstić information content (AvgIpc) is 3.31. The summed E-state index contributed by atoms with van der Waals surface area (Å²) in [6, 6.07) is 27.6. The van der Waals surface area contributed by atoms with Crippen molar-refractivity contribution in [1.82, 2.24) is 9.78 Å². The van der Waals surface area contributed by atoms with E-state index in [1.807, 2.05) is 76.2 Å². The second-order valence-electron chi connectivity index (χ2n) is 10.8. The summed E-state index contributed by atoms with van der Waals surface area (Å²) in [4.78, 5) is 14.6. The van der Waals surface area contributed by atoms with Gasteiger partial charge >= 0.3 is 5.97 Å². The minimum absolute atomic E-state index is 0.178. The van der Waals surface area contributed by atoms with Gasteiger partial charge in [0.2, 0.25) is 5.88 Å². The molecule has 0 spiro atoms. The number of hydrogen-bond donors (Lipinski definition) is 1. The number of benzene rings is 4. The van der Waals surface area contributed by atoms with E-state index in [0.29, 0.717) is 22.5 Å². The van der Waals surface area contributed by atoms with Gasteiger partial charge in [0.25, 0.3) is 10.0 Å². The zero-order chi connectivity index (χ0) is 30.9. The molecule has 220 valence electrons. The Kier molecular flexibility index (Phi) is 8.10. The molecule has 0 unspecified atom stereocenters. The summed E-state index contributed by atoms with van der Waals surface area (Å²) >= 11 is 0. The summed E-state index contributed by atoms with van der Waals surface area (Å²) in [5, 5.41) is 4.99. The molecular formula is C34H34N4O4S. The molecule has 0 saturated carbocycles. The van der Waals surface area contributed by atoms with Gasteiger partial charge in [-0.1, -0.05) is 59.7 Å². The van der Waals surface area contributed by atoms with Crippen LogP contribution >= 0.6 is 0 Å². The molecular weight excluding hydrogens is 560 g/mol.